The number of nitrogens with one attached hydrogen (secondary N) is 1. The maximum absolute atomic E-state index is 11.7. The molecule has 3 N–H and O–H groups in total. The fourth-order valence-electron chi connectivity index (χ4n) is 2.20. The summed E-state index contributed by atoms with van der Waals surface area (Å²) < 4.78 is 0. The Morgan fingerprint density at radius 2 is 2.05 bits per heavy atom. The molecule has 104 valence electrons. The first-order chi connectivity index (χ1) is 8.93. The number of H-pyrrole nitrogens is 1. The van der Waals surface area contributed by atoms with Gasteiger partial charge in [0.2, 0.25) is 0 Å². The lowest BCUT2D eigenvalue weighted by Crippen LogP contribution is -2.59. The molecule has 0 bridgehead atoms. The second-order valence-corrected chi connectivity index (χ2v) is 5.58. The number of piperazine rings is 1. The number of aromatic nitrogens is 2. The molecule has 1 aromatic rings. The Kier molecular flexibility index (Phi) is 3.86. The van der Waals surface area contributed by atoms with Gasteiger partial charge in [-0.1, -0.05) is 12.2 Å². The molecule has 0 aliphatic carbocycles. The summed E-state index contributed by atoms with van der Waals surface area (Å²) in [6.45, 7) is 7.15. The molecule has 1 fully saturated rings. The number of nitrogens with zero attached hydrogens (tertiary/aromatic N) is 3. The van der Waals surface area contributed by atoms with E-state index in [0.717, 1.165) is 26.2 Å². The fourth-order valence-corrected chi connectivity index (χ4v) is 2.33. The summed E-state index contributed by atoms with van der Waals surface area (Å²) in [5.41, 5.74) is 5.34. The molecular formula is C12H19N5OS. The predicted molar refractivity (Wildman–Crippen MR) is 79.5 cm³/mol. The van der Waals surface area contributed by atoms with Crippen LogP contribution in [0, 0.1) is 0 Å². The Hall–Kier alpha value is -1.47. The number of thiocarbonyl (C=S) groups is 1. The highest BCUT2D eigenvalue weighted by molar-refractivity contribution is 7.80. The van der Waals surface area contributed by atoms with Gasteiger partial charge in [0.1, 0.15) is 0 Å². The van der Waals surface area contributed by atoms with E-state index in [2.05, 4.69) is 14.9 Å². The molecule has 0 atom stereocenters. The molecule has 0 unspecified atom stereocenters. The molecule has 6 nitrogen and oxygen atoms in total. The van der Waals surface area contributed by atoms with Gasteiger partial charge in [-0.3, -0.25) is 9.69 Å². The van der Waals surface area contributed by atoms with Crippen LogP contribution in [0.15, 0.2) is 17.2 Å². The first-order valence-corrected chi connectivity index (χ1v) is 6.67. The maximum atomic E-state index is 11.7. The van der Waals surface area contributed by atoms with Crippen molar-refractivity contribution in [3.63, 3.8) is 0 Å². The van der Waals surface area contributed by atoms with Crippen LogP contribution < -0.4 is 16.2 Å². The minimum Gasteiger partial charge on any atom is -0.392 e. The van der Waals surface area contributed by atoms with Crippen molar-refractivity contribution in [1.82, 2.24) is 14.9 Å². The van der Waals surface area contributed by atoms with E-state index in [-0.39, 0.29) is 11.1 Å². The van der Waals surface area contributed by atoms with Gasteiger partial charge in [-0.05, 0) is 13.8 Å². The van der Waals surface area contributed by atoms with Gasteiger partial charge in [0, 0.05) is 38.6 Å². The van der Waals surface area contributed by atoms with E-state index >= 15 is 0 Å². The van der Waals surface area contributed by atoms with E-state index in [0.29, 0.717) is 10.8 Å². The minimum absolute atomic E-state index is 0.149. The molecule has 0 saturated carbocycles. The number of anilines is 1. The van der Waals surface area contributed by atoms with Crippen LogP contribution in [0.1, 0.15) is 13.8 Å². The molecule has 1 aliphatic heterocycles. The molecule has 1 saturated heterocycles. The van der Waals surface area contributed by atoms with E-state index in [9.17, 15) is 4.79 Å². The molecule has 7 heteroatoms. The van der Waals surface area contributed by atoms with Crippen LogP contribution in [0.5, 0.6) is 0 Å². The van der Waals surface area contributed by atoms with Crippen molar-refractivity contribution in [2.75, 3.05) is 31.1 Å². The largest absolute Gasteiger partial charge is 0.392 e. The number of rotatable bonds is 3. The summed E-state index contributed by atoms with van der Waals surface area (Å²) in [6, 6.07) is 0. The molecule has 0 radical (unpaired) electrons. The Labute approximate surface area is 117 Å². The van der Waals surface area contributed by atoms with E-state index < -0.39 is 0 Å². The summed E-state index contributed by atoms with van der Waals surface area (Å²) in [7, 11) is 0. The summed E-state index contributed by atoms with van der Waals surface area (Å²) >= 11 is 5.11. The number of hydrogen-bond acceptors (Lipinski definition) is 5. The van der Waals surface area contributed by atoms with Crippen molar-refractivity contribution in [1.29, 1.82) is 0 Å². The monoisotopic (exact) mass is 281 g/mol. The average molecular weight is 281 g/mol. The van der Waals surface area contributed by atoms with Crippen LogP contribution in [0.25, 0.3) is 0 Å². The molecule has 0 spiro atoms. The third-order valence-electron chi connectivity index (χ3n) is 3.66. The summed E-state index contributed by atoms with van der Waals surface area (Å²) in [5.74, 6) is 0.482. The van der Waals surface area contributed by atoms with Gasteiger partial charge in [-0.15, -0.1) is 0 Å². The number of hydrogen-bond donors (Lipinski definition) is 2. The number of nitrogens with two attached hydrogens (primary N) is 1. The lowest BCUT2D eigenvalue weighted by atomic mass is 10.0. The third kappa shape index (κ3) is 2.76. The number of aromatic amines is 1. The van der Waals surface area contributed by atoms with E-state index in [1.165, 1.54) is 6.20 Å². The van der Waals surface area contributed by atoms with Crippen molar-refractivity contribution in [2.24, 2.45) is 5.73 Å². The quantitative estimate of drug-likeness (QED) is 0.757. The van der Waals surface area contributed by atoms with E-state index in [1.54, 1.807) is 6.20 Å². The van der Waals surface area contributed by atoms with Crippen LogP contribution in [0.3, 0.4) is 0 Å². The molecule has 1 aromatic heterocycles. The van der Waals surface area contributed by atoms with Gasteiger partial charge >= 0.3 is 0 Å². The average Bonchev–Trinajstić information content (AvgIpc) is 2.39. The highest BCUT2D eigenvalue weighted by atomic mass is 32.1. The second-order valence-electron chi connectivity index (χ2n) is 5.14. The van der Waals surface area contributed by atoms with Crippen molar-refractivity contribution in [2.45, 2.75) is 19.4 Å². The van der Waals surface area contributed by atoms with E-state index in [1.807, 2.05) is 18.7 Å². The van der Waals surface area contributed by atoms with Gasteiger partial charge in [0.15, 0.2) is 5.82 Å². The van der Waals surface area contributed by atoms with Crippen LogP contribution in [0.4, 0.5) is 5.82 Å². The first kappa shape index (κ1) is 14.0. The lowest BCUT2D eigenvalue weighted by molar-refractivity contribution is 0.168. The lowest BCUT2D eigenvalue weighted by Gasteiger charge is -2.43. The van der Waals surface area contributed by atoms with Crippen molar-refractivity contribution in [3.8, 4) is 0 Å². The Balaban J connectivity index is 2.06. The van der Waals surface area contributed by atoms with Crippen LogP contribution >= 0.6 is 12.2 Å². The first-order valence-electron chi connectivity index (χ1n) is 6.26. The predicted octanol–water partition coefficient (Wildman–Crippen LogP) is -0.0434. The molecule has 2 rings (SSSR count). The molecule has 1 aliphatic rings. The van der Waals surface area contributed by atoms with Crippen molar-refractivity contribution >= 4 is 23.0 Å². The topological polar surface area (TPSA) is 78.2 Å². The summed E-state index contributed by atoms with van der Waals surface area (Å²) in [5, 5.41) is 0. The zero-order valence-corrected chi connectivity index (χ0v) is 12.0. The van der Waals surface area contributed by atoms with Gasteiger partial charge in [-0.25, -0.2) is 4.98 Å². The Morgan fingerprint density at radius 1 is 1.42 bits per heavy atom. The van der Waals surface area contributed by atoms with E-state index in [4.69, 9.17) is 18.0 Å². The highest BCUT2D eigenvalue weighted by Gasteiger charge is 2.32. The summed E-state index contributed by atoms with van der Waals surface area (Å²) in [6.07, 6.45) is 3.14. The molecule has 0 aromatic carbocycles. The minimum atomic E-state index is -0.294. The van der Waals surface area contributed by atoms with Crippen LogP contribution in [-0.2, 0) is 0 Å². The van der Waals surface area contributed by atoms with Crippen molar-refractivity contribution in [3.05, 3.63) is 22.7 Å². The Bertz CT molecular complexity index is 519. The normalized spacial score (nSPS) is 17.5. The third-order valence-corrected chi connectivity index (χ3v) is 4.16. The van der Waals surface area contributed by atoms with Gasteiger partial charge in [0.05, 0.1) is 10.5 Å². The van der Waals surface area contributed by atoms with Gasteiger partial charge < -0.3 is 15.6 Å². The zero-order chi connectivity index (χ0) is 14.0. The Morgan fingerprint density at radius 3 is 2.58 bits per heavy atom. The fraction of sp³-hybridized carbons (Fsp3) is 0.583. The second kappa shape index (κ2) is 5.26. The molecule has 2 heterocycles. The van der Waals surface area contributed by atoms with Crippen LogP contribution in [0.2, 0.25) is 0 Å². The standard InChI is InChI=1S/C12H19N5OS/c1-12(2,11(13)19)17-7-5-16(6-8-17)9-10(18)15-4-3-14-9/h3-4H,5-8H2,1-2H3,(H2,13,19)(H,15,18). The zero-order valence-electron chi connectivity index (χ0n) is 11.2. The van der Waals surface area contributed by atoms with Crippen molar-refractivity contribution < 1.29 is 0 Å². The maximum Gasteiger partial charge on any atom is 0.290 e. The highest BCUT2D eigenvalue weighted by Crippen LogP contribution is 2.18. The SMILES string of the molecule is CC(C)(C(N)=S)N1CCN(c2ncc[nH]c2=O)CC1. The molecular weight excluding hydrogens is 262 g/mol. The smallest absolute Gasteiger partial charge is 0.290 e. The van der Waals surface area contributed by atoms with Crippen LogP contribution in [-0.4, -0.2) is 51.6 Å². The van der Waals surface area contributed by atoms with Gasteiger partial charge in [0.25, 0.3) is 5.56 Å². The molecule has 0 amide bonds. The summed E-state index contributed by atoms with van der Waals surface area (Å²) in [4.78, 5) is 23.2. The molecule has 19 heavy (non-hydrogen) atoms. The van der Waals surface area contributed by atoms with Gasteiger partial charge in [-0.2, -0.15) is 0 Å².